The monoisotopic (exact) mass is 242 g/mol. The van der Waals surface area contributed by atoms with E-state index in [1.54, 1.807) is 0 Å². The van der Waals surface area contributed by atoms with E-state index in [-0.39, 0.29) is 23.7 Å². The molecule has 0 aliphatic rings. The minimum atomic E-state index is -1.80. The molecule has 2 atom stereocenters. The first-order valence-electron chi connectivity index (χ1n) is 5.90. The zero-order chi connectivity index (χ0) is 13.0. The van der Waals surface area contributed by atoms with Crippen LogP contribution in [0.2, 0.25) is 18.1 Å². The molecule has 0 aliphatic heterocycles. The first kappa shape index (κ1) is 15.7. The Hall–Kier alpha value is -0.303. The highest BCUT2D eigenvalue weighted by molar-refractivity contribution is 6.74. The van der Waals surface area contributed by atoms with Crippen LogP contribution in [0, 0.1) is 18.3 Å². The number of aliphatic hydroxyl groups is 1. The van der Waals surface area contributed by atoms with Gasteiger partial charge in [-0.25, -0.2) is 0 Å². The Balaban J connectivity index is 4.62. The molecule has 0 amide bonds. The molecule has 3 heteroatoms. The SMILES string of the molecule is C#C[C@@H](O[Si](C)(C)C(C)(C)C)[C@@H](C)CCO. The van der Waals surface area contributed by atoms with Gasteiger partial charge in [0, 0.05) is 6.61 Å². The molecular weight excluding hydrogens is 216 g/mol. The maximum Gasteiger partial charge on any atom is 0.193 e. The van der Waals surface area contributed by atoms with Crippen molar-refractivity contribution in [3.63, 3.8) is 0 Å². The zero-order valence-electron chi connectivity index (χ0n) is 11.5. The van der Waals surface area contributed by atoms with Gasteiger partial charge in [0.1, 0.15) is 6.10 Å². The third-order valence-electron chi connectivity index (χ3n) is 3.49. The highest BCUT2D eigenvalue weighted by Gasteiger charge is 2.39. The molecule has 0 unspecified atom stereocenters. The Morgan fingerprint density at radius 2 is 1.88 bits per heavy atom. The second-order valence-electron chi connectivity index (χ2n) is 5.95. The van der Waals surface area contributed by atoms with Crippen molar-refractivity contribution in [3.8, 4) is 12.3 Å². The average Bonchev–Trinajstić information content (AvgIpc) is 2.12. The minimum absolute atomic E-state index is 0.167. The highest BCUT2D eigenvalue weighted by atomic mass is 28.4. The Morgan fingerprint density at radius 3 is 2.19 bits per heavy atom. The fourth-order valence-corrected chi connectivity index (χ4v) is 2.45. The molecule has 2 nitrogen and oxygen atoms in total. The van der Waals surface area contributed by atoms with Crippen LogP contribution in [0.15, 0.2) is 0 Å². The summed E-state index contributed by atoms with van der Waals surface area (Å²) in [7, 11) is -1.80. The topological polar surface area (TPSA) is 29.5 Å². The average molecular weight is 242 g/mol. The molecule has 0 radical (unpaired) electrons. The number of hydrogen-bond donors (Lipinski definition) is 1. The first-order valence-corrected chi connectivity index (χ1v) is 8.81. The van der Waals surface area contributed by atoms with Crippen LogP contribution in [0.4, 0.5) is 0 Å². The Labute approximate surface area is 102 Å². The lowest BCUT2D eigenvalue weighted by atomic mass is 10.0. The van der Waals surface area contributed by atoms with Gasteiger partial charge in [0.2, 0.25) is 0 Å². The van der Waals surface area contributed by atoms with E-state index in [0.29, 0.717) is 6.42 Å². The molecule has 0 aromatic heterocycles. The zero-order valence-corrected chi connectivity index (χ0v) is 12.5. The molecule has 0 heterocycles. The largest absolute Gasteiger partial charge is 0.403 e. The van der Waals surface area contributed by atoms with Crippen molar-refractivity contribution in [1.29, 1.82) is 0 Å². The summed E-state index contributed by atoms with van der Waals surface area (Å²) in [5.41, 5.74) is 0. The summed E-state index contributed by atoms with van der Waals surface area (Å²) in [6.07, 6.45) is 6.04. The van der Waals surface area contributed by atoms with Crippen molar-refractivity contribution in [2.75, 3.05) is 6.61 Å². The third kappa shape index (κ3) is 4.29. The Kier molecular flexibility index (Phi) is 5.75. The summed E-state index contributed by atoms with van der Waals surface area (Å²) in [6.45, 7) is 13.2. The highest BCUT2D eigenvalue weighted by Crippen LogP contribution is 2.38. The number of rotatable bonds is 5. The number of hydrogen-bond acceptors (Lipinski definition) is 2. The van der Waals surface area contributed by atoms with E-state index in [2.05, 4.69) is 39.8 Å². The van der Waals surface area contributed by atoms with E-state index in [4.69, 9.17) is 16.0 Å². The second kappa shape index (κ2) is 5.86. The Bertz CT molecular complexity index is 248. The van der Waals surface area contributed by atoms with Crippen LogP contribution in [-0.4, -0.2) is 26.1 Å². The van der Waals surface area contributed by atoms with E-state index in [1.807, 2.05) is 6.92 Å². The summed E-state index contributed by atoms with van der Waals surface area (Å²) in [5, 5.41) is 9.09. The van der Waals surface area contributed by atoms with Crippen LogP contribution in [-0.2, 0) is 4.43 Å². The van der Waals surface area contributed by atoms with E-state index in [1.165, 1.54) is 0 Å². The number of aliphatic hydroxyl groups excluding tert-OH is 1. The van der Waals surface area contributed by atoms with Crippen LogP contribution in [0.25, 0.3) is 0 Å². The molecule has 0 spiro atoms. The van der Waals surface area contributed by atoms with E-state index < -0.39 is 8.32 Å². The molecule has 0 aromatic carbocycles. The van der Waals surface area contributed by atoms with Gasteiger partial charge in [0.25, 0.3) is 0 Å². The molecule has 0 saturated heterocycles. The van der Waals surface area contributed by atoms with Crippen molar-refractivity contribution in [3.05, 3.63) is 0 Å². The van der Waals surface area contributed by atoms with Gasteiger partial charge in [0.15, 0.2) is 8.32 Å². The standard InChI is InChI=1S/C13H26O2Si/c1-8-12(11(2)9-10-14)15-16(6,7)13(3,4)5/h1,11-12,14H,9-10H2,2-7H3/t11-,12+/m0/s1. The molecular formula is C13H26O2Si. The quantitative estimate of drug-likeness (QED) is 0.593. The normalized spacial score (nSPS) is 16.6. The van der Waals surface area contributed by atoms with Crippen LogP contribution >= 0.6 is 0 Å². The van der Waals surface area contributed by atoms with Crippen molar-refractivity contribution >= 4 is 8.32 Å². The van der Waals surface area contributed by atoms with E-state index in [9.17, 15) is 0 Å². The third-order valence-corrected chi connectivity index (χ3v) is 7.95. The summed E-state index contributed by atoms with van der Waals surface area (Å²) in [5.74, 6) is 2.93. The van der Waals surface area contributed by atoms with Gasteiger partial charge in [-0.1, -0.05) is 33.6 Å². The molecule has 0 aliphatic carbocycles. The summed E-state index contributed by atoms with van der Waals surface area (Å²) >= 11 is 0. The maximum absolute atomic E-state index is 8.93. The predicted molar refractivity (Wildman–Crippen MR) is 71.8 cm³/mol. The molecule has 0 fully saturated rings. The van der Waals surface area contributed by atoms with Crippen LogP contribution in [0.5, 0.6) is 0 Å². The summed E-state index contributed by atoms with van der Waals surface area (Å²) in [4.78, 5) is 0. The first-order chi connectivity index (χ1) is 7.15. The van der Waals surface area contributed by atoms with Crippen LogP contribution < -0.4 is 0 Å². The molecule has 94 valence electrons. The minimum Gasteiger partial charge on any atom is -0.403 e. The fourth-order valence-electron chi connectivity index (χ4n) is 1.16. The second-order valence-corrected chi connectivity index (χ2v) is 10.7. The lowest BCUT2D eigenvalue weighted by Crippen LogP contribution is -2.45. The number of terminal acetylenes is 1. The summed E-state index contributed by atoms with van der Waals surface area (Å²) in [6, 6.07) is 0. The van der Waals surface area contributed by atoms with Crippen LogP contribution in [0.3, 0.4) is 0 Å². The molecule has 16 heavy (non-hydrogen) atoms. The summed E-state index contributed by atoms with van der Waals surface area (Å²) < 4.78 is 6.16. The molecule has 1 N–H and O–H groups in total. The van der Waals surface area contributed by atoms with Crippen molar-refractivity contribution < 1.29 is 9.53 Å². The fraction of sp³-hybridized carbons (Fsp3) is 0.846. The van der Waals surface area contributed by atoms with Gasteiger partial charge < -0.3 is 9.53 Å². The molecule has 0 saturated carbocycles. The maximum atomic E-state index is 8.93. The van der Waals surface area contributed by atoms with E-state index in [0.717, 1.165) is 0 Å². The van der Waals surface area contributed by atoms with E-state index >= 15 is 0 Å². The predicted octanol–water partition coefficient (Wildman–Crippen LogP) is 3.03. The smallest absolute Gasteiger partial charge is 0.193 e. The van der Waals surface area contributed by atoms with Crippen LogP contribution in [0.1, 0.15) is 34.1 Å². The lowest BCUT2D eigenvalue weighted by molar-refractivity contribution is 0.150. The molecule has 0 rings (SSSR count). The Morgan fingerprint density at radius 1 is 1.38 bits per heavy atom. The van der Waals surface area contributed by atoms with Gasteiger partial charge in [-0.15, -0.1) is 6.42 Å². The van der Waals surface area contributed by atoms with Gasteiger partial charge in [-0.2, -0.15) is 0 Å². The van der Waals surface area contributed by atoms with Gasteiger partial charge >= 0.3 is 0 Å². The van der Waals surface area contributed by atoms with Crippen molar-refractivity contribution in [2.24, 2.45) is 5.92 Å². The van der Waals surface area contributed by atoms with Gasteiger partial charge in [-0.3, -0.25) is 0 Å². The molecule has 0 bridgehead atoms. The molecule has 0 aromatic rings. The lowest BCUT2D eigenvalue weighted by Gasteiger charge is -2.39. The van der Waals surface area contributed by atoms with Gasteiger partial charge in [0.05, 0.1) is 0 Å². The van der Waals surface area contributed by atoms with Crippen molar-refractivity contribution in [2.45, 2.75) is 58.4 Å². The van der Waals surface area contributed by atoms with Crippen molar-refractivity contribution in [1.82, 2.24) is 0 Å². The van der Waals surface area contributed by atoms with Gasteiger partial charge in [-0.05, 0) is 30.5 Å².